The minimum atomic E-state index is -0.198. The summed E-state index contributed by atoms with van der Waals surface area (Å²) in [4.78, 5) is 19.8. The molecule has 0 aliphatic rings. The lowest BCUT2D eigenvalue weighted by Gasteiger charge is -2.09. The molecule has 0 saturated carbocycles. The number of carbonyl (C=O) groups excluding carboxylic acids is 1. The van der Waals surface area contributed by atoms with Crippen LogP contribution in [0, 0.1) is 0 Å². The number of hydrogen-bond acceptors (Lipinski definition) is 4. The van der Waals surface area contributed by atoms with Gasteiger partial charge < -0.3 is 24.3 Å². The number of methoxy groups -OCH3 is 1. The third-order valence-electron chi connectivity index (χ3n) is 4.56. The van der Waals surface area contributed by atoms with E-state index in [9.17, 15) is 4.79 Å². The summed E-state index contributed by atoms with van der Waals surface area (Å²) in [5.41, 5.74) is 2.89. The number of para-hydroxylation sites is 2. The maximum absolute atomic E-state index is 12.2. The number of ether oxygens (including phenoxy) is 2. The van der Waals surface area contributed by atoms with Gasteiger partial charge >= 0.3 is 0 Å². The number of nitrogens with one attached hydrogen (secondary N) is 2. The number of rotatable bonds is 8. The Morgan fingerprint density at radius 3 is 2.93 bits per heavy atom. The van der Waals surface area contributed by atoms with Crippen LogP contribution in [0.3, 0.4) is 0 Å². The summed E-state index contributed by atoms with van der Waals surface area (Å²) in [7, 11) is 1.68. The number of imidazole rings is 1. The molecular weight excluding hydrogens is 356 g/mol. The maximum Gasteiger partial charge on any atom is 0.258 e. The van der Waals surface area contributed by atoms with Gasteiger partial charge in [-0.3, -0.25) is 4.79 Å². The van der Waals surface area contributed by atoms with E-state index in [1.807, 2.05) is 54.7 Å². The highest BCUT2D eigenvalue weighted by molar-refractivity contribution is 5.87. The second-order valence-corrected chi connectivity index (χ2v) is 6.46. The van der Waals surface area contributed by atoms with E-state index in [-0.39, 0.29) is 12.5 Å². The molecular formula is C21H22N4O3. The van der Waals surface area contributed by atoms with Crippen LogP contribution in [0.4, 0.5) is 0 Å². The van der Waals surface area contributed by atoms with Crippen molar-refractivity contribution in [3.63, 3.8) is 0 Å². The van der Waals surface area contributed by atoms with E-state index in [2.05, 4.69) is 19.9 Å². The van der Waals surface area contributed by atoms with E-state index in [0.29, 0.717) is 24.7 Å². The largest absolute Gasteiger partial charge is 0.483 e. The molecule has 2 aromatic carbocycles. The minimum absolute atomic E-state index is 0.0530. The van der Waals surface area contributed by atoms with Gasteiger partial charge in [0.2, 0.25) is 0 Å². The highest BCUT2D eigenvalue weighted by Crippen LogP contribution is 2.26. The van der Waals surface area contributed by atoms with Crippen molar-refractivity contribution >= 4 is 27.8 Å². The number of aromatic nitrogens is 3. The summed E-state index contributed by atoms with van der Waals surface area (Å²) in [6.07, 6.45) is 2.00. The number of aromatic amines is 1. The van der Waals surface area contributed by atoms with Crippen LogP contribution in [-0.2, 0) is 22.6 Å². The Morgan fingerprint density at radius 1 is 1.18 bits per heavy atom. The van der Waals surface area contributed by atoms with Crippen LogP contribution < -0.4 is 10.1 Å². The van der Waals surface area contributed by atoms with Crippen LogP contribution in [0.5, 0.6) is 5.75 Å². The van der Waals surface area contributed by atoms with Gasteiger partial charge in [0.05, 0.1) is 29.7 Å². The molecule has 0 fully saturated rings. The molecule has 2 aromatic heterocycles. The lowest BCUT2D eigenvalue weighted by atomic mass is 10.2. The monoisotopic (exact) mass is 378 g/mol. The molecule has 28 heavy (non-hydrogen) atoms. The van der Waals surface area contributed by atoms with Gasteiger partial charge in [0.15, 0.2) is 6.61 Å². The maximum atomic E-state index is 12.2. The normalized spacial score (nSPS) is 11.2. The molecule has 2 N–H and O–H groups in total. The van der Waals surface area contributed by atoms with Crippen LogP contribution in [0.1, 0.15) is 5.82 Å². The van der Waals surface area contributed by atoms with Gasteiger partial charge in [-0.25, -0.2) is 4.98 Å². The number of H-pyrrole nitrogens is 1. The molecule has 0 aliphatic carbocycles. The Kier molecular flexibility index (Phi) is 5.25. The third-order valence-corrected chi connectivity index (χ3v) is 4.56. The summed E-state index contributed by atoms with van der Waals surface area (Å²) >= 11 is 0. The zero-order chi connectivity index (χ0) is 19.3. The predicted octanol–water partition coefficient (Wildman–Crippen LogP) is 2.86. The van der Waals surface area contributed by atoms with E-state index in [1.54, 1.807) is 7.11 Å². The summed E-state index contributed by atoms with van der Waals surface area (Å²) in [6, 6.07) is 15.6. The average molecular weight is 378 g/mol. The van der Waals surface area contributed by atoms with Gasteiger partial charge in [-0.1, -0.05) is 18.2 Å². The van der Waals surface area contributed by atoms with Gasteiger partial charge in [0.1, 0.15) is 11.6 Å². The summed E-state index contributed by atoms with van der Waals surface area (Å²) in [5.74, 6) is 1.20. The van der Waals surface area contributed by atoms with Crippen LogP contribution in [-0.4, -0.2) is 40.8 Å². The quantitative estimate of drug-likeness (QED) is 0.494. The number of benzene rings is 2. The van der Waals surface area contributed by atoms with Crippen LogP contribution in [0.2, 0.25) is 0 Å². The highest BCUT2D eigenvalue weighted by Gasteiger charge is 2.10. The topological polar surface area (TPSA) is 81.2 Å². The molecule has 7 heteroatoms. The Morgan fingerprint density at radius 2 is 2.07 bits per heavy atom. The van der Waals surface area contributed by atoms with Crippen molar-refractivity contribution in [3.8, 4) is 5.75 Å². The third kappa shape index (κ3) is 3.84. The molecule has 4 rings (SSSR count). The Hall–Kier alpha value is -3.32. The average Bonchev–Trinajstić information content (AvgIpc) is 3.33. The first-order chi connectivity index (χ1) is 13.7. The SMILES string of the molecule is COCCn1ccc2c(OCC(=O)NCc3nc4ccccc4[nH]3)cccc21. The first kappa shape index (κ1) is 18.1. The van der Waals surface area contributed by atoms with Crippen molar-refractivity contribution in [3.05, 3.63) is 60.6 Å². The second kappa shape index (κ2) is 8.14. The van der Waals surface area contributed by atoms with Gasteiger partial charge in [-0.05, 0) is 30.3 Å². The molecule has 4 aromatic rings. The summed E-state index contributed by atoms with van der Waals surface area (Å²) in [6.45, 7) is 1.68. The van der Waals surface area contributed by atoms with Crippen molar-refractivity contribution in [2.75, 3.05) is 20.3 Å². The number of fused-ring (bicyclic) bond motifs is 2. The predicted molar refractivity (Wildman–Crippen MR) is 107 cm³/mol. The fourth-order valence-electron chi connectivity index (χ4n) is 3.17. The van der Waals surface area contributed by atoms with Crippen molar-refractivity contribution < 1.29 is 14.3 Å². The molecule has 0 saturated heterocycles. The summed E-state index contributed by atoms with van der Waals surface area (Å²) in [5, 5.41) is 3.81. The van der Waals surface area contributed by atoms with Gasteiger partial charge in [0, 0.05) is 25.2 Å². The molecule has 0 bridgehead atoms. The molecule has 7 nitrogen and oxygen atoms in total. The summed E-state index contributed by atoms with van der Waals surface area (Å²) < 4.78 is 13.0. The smallest absolute Gasteiger partial charge is 0.258 e. The Labute approximate surface area is 162 Å². The van der Waals surface area contributed by atoms with Crippen LogP contribution >= 0.6 is 0 Å². The van der Waals surface area contributed by atoms with Crippen LogP contribution in [0.25, 0.3) is 21.9 Å². The van der Waals surface area contributed by atoms with E-state index >= 15 is 0 Å². The first-order valence-electron chi connectivity index (χ1n) is 9.14. The highest BCUT2D eigenvalue weighted by atomic mass is 16.5. The van der Waals surface area contributed by atoms with E-state index in [0.717, 1.165) is 28.5 Å². The fourth-order valence-corrected chi connectivity index (χ4v) is 3.17. The number of amides is 1. The lowest BCUT2D eigenvalue weighted by molar-refractivity contribution is -0.123. The van der Waals surface area contributed by atoms with Crippen molar-refractivity contribution in [2.24, 2.45) is 0 Å². The zero-order valence-electron chi connectivity index (χ0n) is 15.6. The lowest BCUT2D eigenvalue weighted by Crippen LogP contribution is -2.28. The van der Waals surface area contributed by atoms with Crippen molar-refractivity contribution in [1.29, 1.82) is 0 Å². The van der Waals surface area contributed by atoms with Crippen molar-refractivity contribution in [2.45, 2.75) is 13.1 Å². The fraction of sp³-hybridized carbons (Fsp3) is 0.238. The first-order valence-corrected chi connectivity index (χ1v) is 9.14. The molecule has 0 spiro atoms. The van der Waals surface area contributed by atoms with E-state index in [4.69, 9.17) is 9.47 Å². The minimum Gasteiger partial charge on any atom is -0.483 e. The molecule has 0 radical (unpaired) electrons. The molecule has 0 aliphatic heterocycles. The van der Waals surface area contributed by atoms with E-state index < -0.39 is 0 Å². The van der Waals surface area contributed by atoms with Gasteiger partial charge in [-0.15, -0.1) is 0 Å². The number of nitrogens with zero attached hydrogens (tertiary/aromatic N) is 2. The van der Waals surface area contributed by atoms with E-state index in [1.165, 1.54) is 0 Å². The molecule has 0 unspecified atom stereocenters. The molecule has 0 atom stereocenters. The second-order valence-electron chi connectivity index (χ2n) is 6.46. The van der Waals surface area contributed by atoms with Crippen molar-refractivity contribution in [1.82, 2.24) is 19.9 Å². The van der Waals surface area contributed by atoms with Crippen LogP contribution in [0.15, 0.2) is 54.7 Å². The molecule has 1 amide bonds. The molecule has 2 heterocycles. The van der Waals surface area contributed by atoms with Gasteiger partial charge in [0.25, 0.3) is 5.91 Å². The number of carbonyl (C=O) groups is 1. The molecule has 144 valence electrons. The standard InChI is InChI=1S/C21H22N4O3/c1-27-12-11-25-10-9-15-18(25)7-4-8-19(15)28-14-21(26)22-13-20-23-16-5-2-3-6-17(16)24-20/h2-10H,11-14H2,1H3,(H,22,26)(H,23,24). The Balaban J connectivity index is 1.36. The Bertz CT molecular complexity index is 1070. The van der Waals surface area contributed by atoms with Gasteiger partial charge in [-0.2, -0.15) is 0 Å². The zero-order valence-corrected chi connectivity index (χ0v) is 15.6. The number of hydrogen-bond donors (Lipinski definition) is 2.